The van der Waals surface area contributed by atoms with Gasteiger partial charge in [0.1, 0.15) is 12.4 Å². The molecule has 22 heavy (non-hydrogen) atoms. The maximum Gasteiger partial charge on any atom is 0.240 e. The van der Waals surface area contributed by atoms with Crippen LogP contribution in [0, 0.1) is 13.8 Å². The van der Waals surface area contributed by atoms with E-state index in [1.165, 1.54) is 17.7 Å². The van der Waals surface area contributed by atoms with E-state index in [9.17, 15) is 8.42 Å². The molecule has 0 atom stereocenters. The Morgan fingerprint density at radius 3 is 2.55 bits per heavy atom. The van der Waals surface area contributed by atoms with Crippen LogP contribution in [0.15, 0.2) is 47.4 Å². The highest BCUT2D eigenvalue weighted by molar-refractivity contribution is 7.89. The second-order valence-corrected chi connectivity index (χ2v) is 7.15. The summed E-state index contributed by atoms with van der Waals surface area (Å²) in [6, 6.07) is 11.9. The molecule has 0 saturated heterocycles. The lowest BCUT2D eigenvalue weighted by Crippen LogP contribution is -2.28. The molecule has 118 valence electrons. The summed E-state index contributed by atoms with van der Waals surface area (Å²) >= 11 is 5.80. The Balaban J connectivity index is 1.89. The highest BCUT2D eigenvalue weighted by Crippen LogP contribution is 2.17. The zero-order chi connectivity index (χ0) is 16.2. The summed E-state index contributed by atoms with van der Waals surface area (Å²) < 4.78 is 32.2. The minimum absolute atomic E-state index is 0.145. The molecule has 0 spiro atoms. The number of sulfonamides is 1. The average Bonchev–Trinajstić information content (AvgIpc) is 2.47. The minimum Gasteiger partial charge on any atom is -0.492 e. The zero-order valence-electron chi connectivity index (χ0n) is 12.5. The number of hydrogen-bond donors (Lipinski definition) is 1. The van der Waals surface area contributed by atoms with Crippen LogP contribution in [0.4, 0.5) is 0 Å². The summed E-state index contributed by atoms with van der Waals surface area (Å²) in [5.41, 5.74) is 2.33. The van der Waals surface area contributed by atoms with Crippen molar-refractivity contribution in [3.05, 3.63) is 58.6 Å². The zero-order valence-corrected chi connectivity index (χ0v) is 14.0. The van der Waals surface area contributed by atoms with Crippen molar-refractivity contribution in [3.8, 4) is 5.75 Å². The molecule has 0 unspecified atom stereocenters. The maximum atomic E-state index is 12.1. The van der Waals surface area contributed by atoms with Gasteiger partial charge in [0, 0.05) is 11.6 Å². The van der Waals surface area contributed by atoms with Crippen molar-refractivity contribution in [3.63, 3.8) is 0 Å². The average molecular weight is 340 g/mol. The Morgan fingerprint density at radius 2 is 1.86 bits per heavy atom. The van der Waals surface area contributed by atoms with Gasteiger partial charge in [-0.1, -0.05) is 23.7 Å². The molecule has 0 fully saturated rings. The first-order valence-corrected chi connectivity index (χ1v) is 8.70. The molecule has 0 aliphatic heterocycles. The van der Waals surface area contributed by atoms with E-state index in [1.54, 1.807) is 12.1 Å². The predicted octanol–water partition coefficient (Wildman–Crippen LogP) is 3.31. The van der Waals surface area contributed by atoms with Crippen molar-refractivity contribution in [1.29, 1.82) is 0 Å². The predicted molar refractivity (Wildman–Crippen MR) is 88.1 cm³/mol. The Labute approximate surface area is 136 Å². The van der Waals surface area contributed by atoms with E-state index in [2.05, 4.69) is 4.72 Å². The molecule has 0 heterocycles. The normalized spacial score (nSPS) is 11.4. The molecule has 1 N–H and O–H groups in total. The number of hydrogen-bond acceptors (Lipinski definition) is 3. The van der Waals surface area contributed by atoms with Gasteiger partial charge in [-0.2, -0.15) is 0 Å². The Morgan fingerprint density at radius 1 is 1.09 bits per heavy atom. The van der Waals surface area contributed by atoms with E-state index >= 15 is 0 Å². The highest BCUT2D eigenvalue weighted by atomic mass is 35.5. The van der Waals surface area contributed by atoms with E-state index in [0.717, 1.165) is 11.3 Å². The van der Waals surface area contributed by atoms with Crippen LogP contribution >= 0.6 is 11.6 Å². The molecule has 2 aromatic carbocycles. The van der Waals surface area contributed by atoms with E-state index < -0.39 is 10.0 Å². The summed E-state index contributed by atoms with van der Waals surface area (Å²) in [5.74, 6) is 0.727. The molecular formula is C16H18ClNO3S. The smallest absolute Gasteiger partial charge is 0.240 e. The van der Waals surface area contributed by atoms with Crippen LogP contribution in [0.3, 0.4) is 0 Å². The van der Waals surface area contributed by atoms with Crippen molar-refractivity contribution in [2.45, 2.75) is 18.7 Å². The van der Waals surface area contributed by atoms with Crippen LogP contribution in [0.1, 0.15) is 11.1 Å². The number of aryl methyl sites for hydroxylation is 2. The highest BCUT2D eigenvalue weighted by Gasteiger charge is 2.13. The molecule has 2 aromatic rings. The lowest BCUT2D eigenvalue weighted by molar-refractivity contribution is 0.322. The number of benzene rings is 2. The maximum absolute atomic E-state index is 12.1. The van der Waals surface area contributed by atoms with E-state index in [0.29, 0.717) is 5.02 Å². The number of rotatable bonds is 6. The lowest BCUT2D eigenvalue weighted by Gasteiger charge is -2.10. The van der Waals surface area contributed by atoms with Gasteiger partial charge in [0.2, 0.25) is 10.0 Å². The van der Waals surface area contributed by atoms with Gasteiger partial charge in [0.05, 0.1) is 4.90 Å². The van der Waals surface area contributed by atoms with Gasteiger partial charge in [-0.15, -0.1) is 0 Å². The summed E-state index contributed by atoms with van der Waals surface area (Å²) in [6.45, 7) is 4.46. The SMILES string of the molecule is Cc1ccc(OCCNS(=O)(=O)c2cccc(Cl)c2)cc1C. The van der Waals surface area contributed by atoms with Crippen molar-refractivity contribution in [2.24, 2.45) is 0 Å². The van der Waals surface area contributed by atoms with Crippen molar-refractivity contribution >= 4 is 21.6 Å². The lowest BCUT2D eigenvalue weighted by atomic mass is 10.1. The standard InChI is InChI=1S/C16H18ClNO3S/c1-12-6-7-15(10-13(12)2)21-9-8-18-22(19,20)16-5-3-4-14(17)11-16/h3-7,10-11,18H,8-9H2,1-2H3. The Kier molecular flexibility index (Phi) is 5.45. The van der Waals surface area contributed by atoms with Crippen LogP contribution in [-0.2, 0) is 10.0 Å². The molecule has 0 aliphatic carbocycles. The minimum atomic E-state index is -3.57. The van der Waals surface area contributed by atoms with E-state index in [4.69, 9.17) is 16.3 Å². The number of halogens is 1. The Bertz CT molecular complexity index is 760. The molecule has 0 saturated carbocycles. The fourth-order valence-electron chi connectivity index (χ4n) is 1.87. The van der Waals surface area contributed by atoms with Gasteiger partial charge in [-0.25, -0.2) is 13.1 Å². The monoisotopic (exact) mass is 339 g/mol. The number of nitrogens with one attached hydrogen (secondary N) is 1. The Hall–Kier alpha value is -1.56. The first kappa shape index (κ1) is 16.8. The fraction of sp³-hybridized carbons (Fsp3) is 0.250. The molecular weight excluding hydrogens is 322 g/mol. The van der Waals surface area contributed by atoms with Crippen LogP contribution < -0.4 is 9.46 Å². The van der Waals surface area contributed by atoms with Crippen molar-refractivity contribution in [1.82, 2.24) is 4.72 Å². The van der Waals surface area contributed by atoms with Gasteiger partial charge in [0.15, 0.2) is 0 Å². The van der Waals surface area contributed by atoms with Gasteiger partial charge >= 0.3 is 0 Å². The van der Waals surface area contributed by atoms with Crippen LogP contribution in [0.2, 0.25) is 5.02 Å². The summed E-state index contributed by atoms with van der Waals surface area (Å²) in [7, 11) is -3.57. The van der Waals surface area contributed by atoms with Crippen molar-refractivity contribution < 1.29 is 13.2 Å². The van der Waals surface area contributed by atoms with Gasteiger partial charge < -0.3 is 4.74 Å². The molecule has 0 aliphatic rings. The molecule has 0 aromatic heterocycles. The molecule has 2 rings (SSSR count). The summed E-state index contributed by atoms with van der Waals surface area (Å²) in [4.78, 5) is 0.145. The van der Waals surface area contributed by atoms with E-state index in [-0.39, 0.29) is 18.0 Å². The van der Waals surface area contributed by atoms with Crippen molar-refractivity contribution in [2.75, 3.05) is 13.2 Å². The van der Waals surface area contributed by atoms with Gasteiger partial charge in [0.25, 0.3) is 0 Å². The van der Waals surface area contributed by atoms with Gasteiger partial charge in [-0.3, -0.25) is 0 Å². The molecule has 0 amide bonds. The largest absolute Gasteiger partial charge is 0.492 e. The summed E-state index contributed by atoms with van der Waals surface area (Å²) in [6.07, 6.45) is 0. The number of ether oxygens (including phenoxy) is 1. The third-order valence-corrected chi connectivity index (χ3v) is 4.94. The third kappa shape index (κ3) is 4.47. The molecule has 6 heteroatoms. The van der Waals surface area contributed by atoms with Crippen LogP contribution in [0.5, 0.6) is 5.75 Å². The second-order valence-electron chi connectivity index (χ2n) is 4.95. The third-order valence-electron chi connectivity index (χ3n) is 3.25. The molecule has 4 nitrogen and oxygen atoms in total. The quantitative estimate of drug-likeness (QED) is 0.821. The first-order valence-electron chi connectivity index (χ1n) is 6.84. The summed E-state index contributed by atoms with van der Waals surface area (Å²) in [5, 5.41) is 0.384. The van der Waals surface area contributed by atoms with Crippen LogP contribution in [-0.4, -0.2) is 21.6 Å². The topological polar surface area (TPSA) is 55.4 Å². The molecule has 0 radical (unpaired) electrons. The fourth-order valence-corrected chi connectivity index (χ4v) is 3.18. The van der Waals surface area contributed by atoms with Gasteiger partial charge in [-0.05, 0) is 55.3 Å². The first-order chi connectivity index (χ1) is 10.4. The van der Waals surface area contributed by atoms with Crippen LogP contribution in [0.25, 0.3) is 0 Å². The second kappa shape index (κ2) is 7.13. The molecule has 0 bridgehead atoms. The van der Waals surface area contributed by atoms with E-state index in [1.807, 2.05) is 32.0 Å².